The number of thioether (sulfide) groups is 1. The molecule has 6 nitrogen and oxygen atoms in total. The molecule has 0 spiro atoms. The average Bonchev–Trinajstić information content (AvgIpc) is 3.11. The molecule has 0 unspecified atom stereocenters. The largest absolute Gasteiger partial charge is 0.497 e. The zero-order valence-electron chi connectivity index (χ0n) is 14.0. The third kappa shape index (κ3) is 2.40. The fourth-order valence-electron chi connectivity index (χ4n) is 3.21. The number of aliphatic hydroxyl groups is 1. The third-order valence-corrected chi connectivity index (χ3v) is 5.67. The first kappa shape index (κ1) is 15.5. The second-order valence-corrected chi connectivity index (χ2v) is 7.21. The van der Waals surface area contributed by atoms with Crippen LogP contribution >= 0.6 is 11.8 Å². The van der Waals surface area contributed by atoms with E-state index in [9.17, 15) is 5.11 Å². The maximum absolute atomic E-state index is 10.9. The van der Waals surface area contributed by atoms with Crippen molar-refractivity contribution in [3.8, 4) is 17.1 Å². The minimum atomic E-state index is -0.854. The molecule has 0 saturated heterocycles. The lowest BCUT2D eigenvalue weighted by molar-refractivity contribution is 0.113. The van der Waals surface area contributed by atoms with Crippen LogP contribution < -0.4 is 10.1 Å². The summed E-state index contributed by atoms with van der Waals surface area (Å²) in [6.07, 6.45) is 1.15. The predicted octanol–water partition coefficient (Wildman–Crippen LogP) is 3.39. The van der Waals surface area contributed by atoms with Crippen molar-refractivity contribution in [1.82, 2.24) is 14.8 Å². The topological polar surface area (TPSA) is 72.2 Å². The predicted molar refractivity (Wildman–Crippen MR) is 101 cm³/mol. The van der Waals surface area contributed by atoms with Crippen LogP contribution in [0.1, 0.15) is 11.8 Å². The first-order valence-corrected chi connectivity index (χ1v) is 9.13. The van der Waals surface area contributed by atoms with Gasteiger partial charge in [-0.3, -0.25) is 0 Å². The van der Waals surface area contributed by atoms with E-state index < -0.39 is 6.23 Å². The Hall–Kier alpha value is -2.77. The van der Waals surface area contributed by atoms with Gasteiger partial charge in [-0.25, -0.2) is 9.67 Å². The molecule has 1 aromatic heterocycles. The van der Waals surface area contributed by atoms with Gasteiger partial charge in [0.15, 0.2) is 17.2 Å². The van der Waals surface area contributed by atoms with E-state index in [1.54, 1.807) is 23.6 Å². The van der Waals surface area contributed by atoms with Crippen molar-refractivity contribution in [1.29, 1.82) is 0 Å². The van der Waals surface area contributed by atoms with Gasteiger partial charge in [-0.1, -0.05) is 42.1 Å². The molecule has 0 saturated carbocycles. The van der Waals surface area contributed by atoms with Crippen molar-refractivity contribution in [2.45, 2.75) is 16.8 Å². The smallest absolute Gasteiger partial charge is 0.191 e. The standard InChI is InChI=1S/C19H16N4O2S/c1-25-13-7-8-15-12(9-13)10-14-17(20-15)26-19-21-16(22-23(19)18(14)24)11-5-3-2-4-6-11/h2-10,17-18,20,24H,1H3/t17-,18-/m0/s1. The fourth-order valence-corrected chi connectivity index (χ4v) is 4.32. The molecule has 0 fully saturated rings. The Morgan fingerprint density at radius 2 is 2.04 bits per heavy atom. The Balaban J connectivity index is 1.55. The number of hydrogen-bond donors (Lipinski definition) is 2. The van der Waals surface area contributed by atoms with Gasteiger partial charge < -0.3 is 15.2 Å². The van der Waals surface area contributed by atoms with Crippen molar-refractivity contribution in [2.24, 2.45) is 0 Å². The van der Waals surface area contributed by atoms with E-state index in [-0.39, 0.29) is 5.37 Å². The van der Waals surface area contributed by atoms with Crippen LogP contribution in [0.25, 0.3) is 17.5 Å². The Bertz CT molecular complexity index is 1020. The van der Waals surface area contributed by atoms with E-state index in [2.05, 4.69) is 15.4 Å². The quantitative estimate of drug-likeness (QED) is 0.726. The molecule has 2 aliphatic rings. The van der Waals surface area contributed by atoms with Crippen LogP contribution in [0.5, 0.6) is 5.75 Å². The highest BCUT2D eigenvalue weighted by atomic mass is 32.2. The summed E-state index contributed by atoms with van der Waals surface area (Å²) in [7, 11) is 1.64. The van der Waals surface area contributed by atoms with Gasteiger partial charge >= 0.3 is 0 Å². The number of rotatable bonds is 2. The number of ether oxygens (including phenoxy) is 1. The SMILES string of the molecule is COc1ccc2c(c1)C=C1[C@@H](N2)Sc2nc(-c3ccccc3)nn2[C@H]1O. The fraction of sp³-hybridized carbons (Fsp3) is 0.158. The Morgan fingerprint density at radius 1 is 1.19 bits per heavy atom. The second kappa shape index (κ2) is 5.89. The first-order valence-electron chi connectivity index (χ1n) is 8.26. The minimum absolute atomic E-state index is 0.0776. The molecular weight excluding hydrogens is 348 g/mol. The van der Waals surface area contributed by atoms with Crippen molar-refractivity contribution in [3.63, 3.8) is 0 Å². The lowest BCUT2D eigenvalue weighted by atomic mass is 10.0. The van der Waals surface area contributed by atoms with E-state index in [4.69, 9.17) is 4.74 Å². The lowest BCUT2D eigenvalue weighted by Gasteiger charge is -2.33. The van der Waals surface area contributed by atoms with Crippen LogP contribution in [-0.2, 0) is 0 Å². The van der Waals surface area contributed by atoms with Gasteiger partial charge in [0.1, 0.15) is 11.1 Å². The number of aliphatic hydroxyl groups excluding tert-OH is 1. The molecule has 2 aromatic carbocycles. The summed E-state index contributed by atoms with van der Waals surface area (Å²) in [6, 6.07) is 15.6. The van der Waals surface area contributed by atoms with Crippen LogP contribution in [0, 0.1) is 0 Å². The van der Waals surface area contributed by atoms with Crippen LogP contribution in [0.3, 0.4) is 0 Å². The normalized spacial score (nSPS) is 20.3. The van der Waals surface area contributed by atoms with E-state index in [1.807, 2.05) is 54.6 Å². The molecule has 0 amide bonds. The zero-order chi connectivity index (χ0) is 17.7. The van der Waals surface area contributed by atoms with Crippen LogP contribution in [0.15, 0.2) is 59.3 Å². The maximum atomic E-state index is 10.9. The number of methoxy groups -OCH3 is 1. The number of anilines is 1. The summed E-state index contributed by atoms with van der Waals surface area (Å²) < 4.78 is 6.88. The molecule has 0 bridgehead atoms. The molecule has 26 heavy (non-hydrogen) atoms. The molecule has 130 valence electrons. The van der Waals surface area contributed by atoms with Gasteiger partial charge in [0.25, 0.3) is 0 Å². The van der Waals surface area contributed by atoms with Crippen LogP contribution in [0.4, 0.5) is 5.69 Å². The van der Waals surface area contributed by atoms with Crippen molar-refractivity contribution < 1.29 is 9.84 Å². The Kier molecular flexibility index (Phi) is 3.51. The number of aromatic nitrogens is 3. The monoisotopic (exact) mass is 364 g/mol. The number of benzene rings is 2. The molecule has 5 rings (SSSR count). The zero-order valence-corrected chi connectivity index (χ0v) is 14.8. The number of fused-ring (bicyclic) bond motifs is 3. The summed E-state index contributed by atoms with van der Waals surface area (Å²) in [5.41, 5.74) is 3.78. The van der Waals surface area contributed by atoms with Crippen LogP contribution in [0.2, 0.25) is 0 Å². The van der Waals surface area contributed by atoms with Gasteiger partial charge in [0.2, 0.25) is 0 Å². The summed E-state index contributed by atoms with van der Waals surface area (Å²) in [5.74, 6) is 1.40. The van der Waals surface area contributed by atoms with Gasteiger partial charge in [-0.2, -0.15) is 0 Å². The third-order valence-electron chi connectivity index (χ3n) is 4.56. The van der Waals surface area contributed by atoms with Gasteiger partial charge in [-0.05, 0) is 24.3 Å². The molecule has 0 radical (unpaired) electrons. The van der Waals surface area contributed by atoms with Gasteiger partial charge in [-0.15, -0.1) is 5.10 Å². The van der Waals surface area contributed by atoms with Gasteiger partial charge in [0, 0.05) is 22.4 Å². The van der Waals surface area contributed by atoms with E-state index in [1.165, 1.54) is 0 Å². The first-order chi connectivity index (χ1) is 12.7. The van der Waals surface area contributed by atoms with Crippen molar-refractivity contribution in [3.05, 3.63) is 59.7 Å². The highest BCUT2D eigenvalue weighted by Gasteiger charge is 2.36. The summed E-state index contributed by atoms with van der Waals surface area (Å²) >= 11 is 1.55. The number of nitrogens with one attached hydrogen (secondary N) is 1. The van der Waals surface area contributed by atoms with E-state index >= 15 is 0 Å². The summed E-state index contributed by atoms with van der Waals surface area (Å²) in [6.45, 7) is 0. The van der Waals surface area contributed by atoms with E-state index in [0.29, 0.717) is 11.0 Å². The second-order valence-electron chi connectivity index (χ2n) is 6.14. The van der Waals surface area contributed by atoms with E-state index in [0.717, 1.165) is 28.1 Å². The summed E-state index contributed by atoms with van der Waals surface area (Å²) in [5, 5.41) is 19.5. The summed E-state index contributed by atoms with van der Waals surface area (Å²) in [4.78, 5) is 4.61. The molecular formula is C19H16N4O2S. The molecule has 3 aromatic rings. The number of hydrogen-bond acceptors (Lipinski definition) is 6. The minimum Gasteiger partial charge on any atom is -0.497 e. The highest BCUT2D eigenvalue weighted by molar-refractivity contribution is 8.00. The molecule has 2 aliphatic heterocycles. The molecule has 7 heteroatoms. The van der Waals surface area contributed by atoms with Crippen molar-refractivity contribution >= 4 is 23.5 Å². The van der Waals surface area contributed by atoms with Gasteiger partial charge in [0.05, 0.1) is 7.11 Å². The highest BCUT2D eigenvalue weighted by Crippen LogP contribution is 2.44. The molecule has 2 N–H and O–H groups in total. The Morgan fingerprint density at radius 3 is 2.85 bits per heavy atom. The number of nitrogens with zero attached hydrogens (tertiary/aromatic N) is 3. The molecule has 0 aliphatic carbocycles. The van der Waals surface area contributed by atoms with Crippen molar-refractivity contribution in [2.75, 3.05) is 12.4 Å². The maximum Gasteiger partial charge on any atom is 0.191 e. The molecule has 3 heterocycles. The average molecular weight is 364 g/mol. The molecule has 2 atom stereocenters. The Labute approximate surface area is 154 Å². The lowest BCUT2D eigenvalue weighted by Crippen LogP contribution is -2.32. The van der Waals surface area contributed by atoms with Crippen LogP contribution in [-0.4, -0.2) is 32.4 Å².